The molecule has 0 aliphatic rings. The lowest BCUT2D eigenvalue weighted by molar-refractivity contribution is 0.669. The van der Waals surface area contributed by atoms with Gasteiger partial charge in [-0.2, -0.15) is 0 Å². The first-order chi connectivity index (χ1) is 26.3. The van der Waals surface area contributed by atoms with Gasteiger partial charge in [-0.25, -0.2) is 9.97 Å². The molecule has 0 saturated heterocycles. The predicted molar refractivity (Wildman–Crippen MR) is 222 cm³/mol. The number of benzene rings is 8. The number of hydrogen-bond acceptors (Lipinski definition) is 4. The van der Waals surface area contributed by atoms with Crippen LogP contribution in [0.25, 0.3) is 114 Å². The van der Waals surface area contributed by atoms with Crippen molar-refractivity contribution in [2.75, 3.05) is 0 Å². The van der Waals surface area contributed by atoms with Crippen molar-refractivity contribution in [2.45, 2.75) is 0 Å². The second-order valence-corrected chi connectivity index (χ2v) is 14.7. The lowest BCUT2D eigenvalue weighted by Gasteiger charge is -2.14. The maximum absolute atomic E-state index is 6.45. The molecule has 0 fully saturated rings. The molecule has 8 aromatic carbocycles. The Balaban J connectivity index is 1.23. The molecular formula is C48H27N3OS. The van der Waals surface area contributed by atoms with Crippen LogP contribution in [-0.4, -0.2) is 14.5 Å². The van der Waals surface area contributed by atoms with E-state index in [1.165, 1.54) is 25.6 Å². The molecule has 4 nitrogen and oxygen atoms in total. The fourth-order valence-corrected chi connectivity index (χ4v) is 9.72. The van der Waals surface area contributed by atoms with Crippen molar-refractivity contribution in [2.24, 2.45) is 0 Å². The molecule has 0 atom stereocenters. The standard InChI is InChI=1S/C48H27N3OS/c1-2-13-29(14-3-1)44-36-23-22-28-12-4-5-15-30(28)45(36)50-48(49-44)35-24-26-38(47-42(35)34-18-8-11-21-41(34)53-47)51-37-19-9-6-16-31(37)32-25-27-40-43(46(32)51)33-17-7-10-20-39(33)52-40/h1-27H. The van der Waals surface area contributed by atoms with Crippen LogP contribution >= 0.6 is 11.3 Å². The minimum absolute atomic E-state index is 0.721. The Morgan fingerprint density at radius 3 is 2.13 bits per heavy atom. The summed E-state index contributed by atoms with van der Waals surface area (Å²) in [5.74, 6) is 0.721. The monoisotopic (exact) mass is 693 g/mol. The molecular weight excluding hydrogens is 667 g/mol. The van der Waals surface area contributed by atoms with E-state index in [9.17, 15) is 0 Å². The zero-order valence-electron chi connectivity index (χ0n) is 28.2. The van der Waals surface area contributed by atoms with Crippen molar-refractivity contribution in [1.82, 2.24) is 14.5 Å². The van der Waals surface area contributed by atoms with E-state index in [0.29, 0.717) is 0 Å². The quantitative estimate of drug-likeness (QED) is 0.173. The zero-order valence-corrected chi connectivity index (χ0v) is 29.1. The average Bonchev–Trinajstić information content (AvgIpc) is 3.90. The van der Waals surface area contributed by atoms with E-state index in [4.69, 9.17) is 14.4 Å². The first kappa shape index (κ1) is 28.8. The lowest BCUT2D eigenvalue weighted by Crippen LogP contribution is -1.98. The summed E-state index contributed by atoms with van der Waals surface area (Å²) in [5.41, 5.74) is 9.20. The number of para-hydroxylation sites is 2. The van der Waals surface area contributed by atoms with Gasteiger partial charge in [0.25, 0.3) is 0 Å². The van der Waals surface area contributed by atoms with Gasteiger partial charge in [0, 0.05) is 53.5 Å². The highest BCUT2D eigenvalue weighted by atomic mass is 32.1. The molecule has 4 aromatic heterocycles. The maximum atomic E-state index is 6.45. The smallest absolute Gasteiger partial charge is 0.161 e. The van der Waals surface area contributed by atoms with Gasteiger partial charge in [0.1, 0.15) is 11.2 Å². The molecule has 0 saturated carbocycles. The molecule has 0 N–H and O–H groups in total. The van der Waals surface area contributed by atoms with Crippen molar-refractivity contribution in [3.63, 3.8) is 0 Å². The molecule has 0 aliphatic heterocycles. The van der Waals surface area contributed by atoms with Gasteiger partial charge < -0.3 is 8.98 Å². The summed E-state index contributed by atoms with van der Waals surface area (Å²) in [7, 11) is 0. The second kappa shape index (κ2) is 10.8. The summed E-state index contributed by atoms with van der Waals surface area (Å²) in [5, 5.41) is 10.4. The Labute approximate surface area is 306 Å². The van der Waals surface area contributed by atoms with Crippen LogP contribution in [0, 0.1) is 0 Å². The van der Waals surface area contributed by atoms with Crippen molar-refractivity contribution < 1.29 is 4.42 Å². The minimum atomic E-state index is 0.721. The fourth-order valence-electron chi connectivity index (χ4n) is 8.49. The molecule has 53 heavy (non-hydrogen) atoms. The molecule has 0 bridgehead atoms. The largest absolute Gasteiger partial charge is 0.456 e. The summed E-state index contributed by atoms with van der Waals surface area (Å²) in [6.07, 6.45) is 0. The van der Waals surface area contributed by atoms with Crippen molar-refractivity contribution in [3.05, 3.63) is 164 Å². The van der Waals surface area contributed by atoms with Gasteiger partial charge in [-0.05, 0) is 53.9 Å². The second-order valence-electron chi connectivity index (χ2n) is 13.7. The molecule has 5 heteroatoms. The highest BCUT2D eigenvalue weighted by Gasteiger charge is 2.24. The predicted octanol–water partition coefficient (Wildman–Crippen LogP) is 13.5. The molecule has 0 spiro atoms. The Morgan fingerprint density at radius 1 is 0.491 bits per heavy atom. The van der Waals surface area contributed by atoms with Gasteiger partial charge in [-0.3, -0.25) is 0 Å². The van der Waals surface area contributed by atoms with E-state index in [-0.39, 0.29) is 0 Å². The average molecular weight is 694 g/mol. The van der Waals surface area contributed by atoms with Crippen LogP contribution in [-0.2, 0) is 0 Å². The minimum Gasteiger partial charge on any atom is -0.456 e. The van der Waals surface area contributed by atoms with Crippen LogP contribution in [0.4, 0.5) is 0 Å². The Kier molecular flexibility index (Phi) is 5.90. The molecule has 0 radical (unpaired) electrons. The molecule has 0 amide bonds. The van der Waals surface area contributed by atoms with Gasteiger partial charge in [0.05, 0.1) is 38.0 Å². The third-order valence-electron chi connectivity index (χ3n) is 10.8. The van der Waals surface area contributed by atoms with Crippen LogP contribution in [0.1, 0.15) is 0 Å². The van der Waals surface area contributed by atoms with Gasteiger partial charge in [-0.15, -0.1) is 11.3 Å². The van der Waals surface area contributed by atoms with Crippen molar-refractivity contribution >= 4 is 96.9 Å². The van der Waals surface area contributed by atoms with Crippen LogP contribution in [0.5, 0.6) is 0 Å². The molecule has 246 valence electrons. The Morgan fingerprint density at radius 2 is 1.23 bits per heavy atom. The lowest BCUT2D eigenvalue weighted by atomic mass is 10.00. The SMILES string of the molecule is c1ccc(-c2nc(-c3ccc(-n4c5ccccc5c5ccc6oc7ccccc7c6c54)c4sc5ccccc5c34)nc3c2ccc2ccccc23)cc1. The number of aromatic nitrogens is 3. The molecule has 0 aliphatic carbocycles. The van der Waals surface area contributed by atoms with Gasteiger partial charge in [0.15, 0.2) is 5.82 Å². The summed E-state index contributed by atoms with van der Waals surface area (Å²) >= 11 is 1.83. The highest BCUT2D eigenvalue weighted by molar-refractivity contribution is 7.26. The van der Waals surface area contributed by atoms with Crippen molar-refractivity contribution in [1.29, 1.82) is 0 Å². The first-order valence-electron chi connectivity index (χ1n) is 17.8. The summed E-state index contributed by atoms with van der Waals surface area (Å²) in [6.45, 7) is 0. The van der Waals surface area contributed by atoms with E-state index in [1.807, 2.05) is 17.4 Å². The number of fused-ring (bicyclic) bond motifs is 13. The normalized spacial score (nSPS) is 12.2. The number of thiophene rings is 1. The maximum Gasteiger partial charge on any atom is 0.161 e. The molecule has 0 unspecified atom stereocenters. The Hall–Kier alpha value is -6.82. The van der Waals surface area contributed by atoms with Crippen LogP contribution in [0.2, 0.25) is 0 Å². The topological polar surface area (TPSA) is 43.9 Å². The Bertz CT molecular complexity index is 3460. The van der Waals surface area contributed by atoms with Gasteiger partial charge in [0.2, 0.25) is 0 Å². The summed E-state index contributed by atoms with van der Waals surface area (Å²) < 4.78 is 11.3. The number of hydrogen-bond donors (Lipinski definition) is 0. The summed E-state index contributed by atoms with van der Waals surface area (Å²) in [6, 6.07) is 58.0. The number of furan rings is 1. The first-order valence-corrected chi connectivity index (χ1v) is 18.7. The highest BCUT2D eigenvalue weighted by Crippen LogP contribution is 2.47. The van der Waals surface area contributed by atoms with E-state index in [0.717, 1.165) is 88.4 Å². The number of nitrogens with zero attached hydrogens (tertiary/aromatic N) is 3. The van der Waals surface area contributed by atoms with Gasteiger partial charge >= 0.3 is 0 Å². The molecule has 4 heterocycles. The van der Waals surface area contributed by atoms with E-state index in [2.05, 4.69) is 162 Å². The van der Waals surface area contributed by atoms with Crippen LogP contribution in [0.3, 0.4) is 0 Å². The van der Waals surface area contributed by atoms with Crippen LogP contribution in [0.15, 0.2) is 168 Å². The summed E-state index contributed by atoms with van der Waals surface area (Å²) in [4.78, 5) is 10.9. The third kappa shape index (κ3) is 4.05. The molecule has 12 aromatic rings. The van der Waals surface area contributed by atoms with Crippen molar-refractivity contribution in [3.8, 4) is 28.3 Å². The van der Waals surface area contributed by atoms with E-state index in [1.54, 1.807) is 0 Å². The van der Waals surface area contributed by atoms with Crippen LogP contribution < -0.4 is 0 Å². The van der Waals surface area contributed by atoms with E-state index >= 15 is 0 Å². The zero-order chi connectivity index (χ0) is 34.6. The van der Waals surface area contributed by atoms with Gasteiger partial charge in [-0.1, -0.05) is 115 Å². The van der Waals surface area contributed by atoms with E-state index < -0.39 is 0 Å². The number of rotatable bonds is 3. The molecule has 12 rings (SSSR count). The third-order valence-corrected chi connectivity index (χ3v) is 12.0. The fraction of sp³-hybridized carbons (Fsp3) is 0.